The average molecular weight is 345 g/mol. The van der Waals surface area contributed by atoms with E-state index in [1.54, 1.807) is 0 Å². The van der Waals surface area contributed by atoms with Gasteiger partial charge in [0.2, 0.25) is 5.91 Å². The van der Waals surface area contributed by atoms with Gasteiger partial charge in [0.05, 0.1) is 5.69 Å². The van der Waals surface area contributed by atoms with Crippen LogP contribution in [-0.4, -0.2) is 10.9 Å². The summed E-state index contributed by atoms with van der Waals surface area (Å²) in [4.78, 5) is 16.5. The lowest BCUT2D eigenvalue weighted by Gasteiger charge is -2.02. The van der Waals surface area contributed by atoms with E-state index in [1.807, 2.05) is 5.38 Å². The molecule has 0 aliphatic heterocycles. The summed E-state index contributed by atoms with van der Waals surface area (Å²) < 4.78 is 0. The van der Waals surface area contributed by atoms with Crippen molar-refractivity contribution in [2.24, 2.45) is 0 Å². The fraction of sp³-hybridized carbons (Fsp3) is 0.500. The molecule has 0 fully saturated rings. The van der Waals surface area contributed by atoms with Crippen LogP contribution in [0, 0.1) is 6.92 Å². The first kappa shape index (κ1) is 18.7. The zero-order valence-corrected chi connectivity index (χ0v) is 15.6. The van der Waals surface area contributed by atoms with E-state index in [0.717, 1.165) is 24.1 Å². The Bertz CT molecular complexity index is 619. The summed E-state index contributed by atoms with van der Waals surface area (Å²) in [5.41, 5.74) is 3.24. The van der Waals surface area contributed by atoms with Crippen LogP contribution in [0.2, 0.25) is 0 Å². The van der Waals surface area contributed by atoms with E-state index in [2.05, 4.69) is 48.4 Å². The topological polar surface area (TPSA) is 42.0 Å². The number of aryl methyl sites for hydroxylation is 1. The van der Waals surface area contributed by atoms with Crippen LogP contribution in [0.15, 0.2) is 29.6 Å². The normalized spacial score (nSPS) is 10.8. The largest absolute Gasteiger partial charge is 0.302 e. The zero-order valence-electron chi connectivity index (χ0n) is 14.8. The van der Waals surface area contributed by atoms with E-state index < -0.39 is 0 Å². The van der Waals surface area contributed by atoms with Crippen LogP contribution in [0.5, 0.6) is 0 Å². The van der Waals surface area contributed by atoms with Gasteiger partial charge in [-0.2, -0.15) is 0 Å². The standard InChI is InChI=1S/C20H28N2OS/c1-3-4-5-6-7-8-9-10-19(23)22-20-21-18(15-24-20)17-13-11-16(2)12-14-17/h11-15H,3-10H2,1-2H3,(H,21,22,23). The van der Waals surface area contributed by atoms with Crippen molar-refractivity contribution in [3.63, 3.8) is 0 Å². The van der Waals surface area contributed by atoms with Gasteiger partial charge in [-0.05, 0) is 13.3 Å². The number of unbranched alkanes of at least 4 members (excludes halogenated alkanes) is 6. The van der Waals surface area contributed by atoms with Crippen molar-refractivity contribution < 1.29 is 4.79 Å². The SMILES string of the molecule is CCCCCCCCCC(=O)Nc1nc(-c2ccc(C)cc2)cs1. The highest BCUT2D eigenvalue weighted by atomic mass is 32.1. The first-order valence-electron chi connectivity index (χ1n) is 9.01. The molecule has 0 spiro atoms. The van der Waals surface area contributed by atoms with Gasteiger partial charge >= 0.3 is 0 Å². The maximum absolute atomic E-state index is 12.0. The van der Waals surface area contributed by atoms with Crippen LogP contribution in [0.4, 0.5) is 5.13 Å². The molecule has 0 atom stereocenters. The molecule has 4 heteroatoms. The maximum Gasteiger partial charge on any atom is 0.226 e. The first-order chi connectivity index (χ1) is 11.7. The van der Waals surface area contributed by atoms with E-state index in [4.69, 9.17) is 0 Å². The Morgan fingerprint density at radius 1 is 1.04 bits per heavy atom. The predicted octanol–water partition coefficient (Wildman–Crippen LogP) is 6.20. The number of carbonyl (C=O) groups is 1. The Balaban J connectivity index is 1.70. The molecule has 1 N–H and O–H groups in total. The van der Waals surface area contributed by atoms with Crippen LogP contribution in [-0.2, 0) is 4.79 Å². The number of anilines is 1. The molecule has 0 bridgehead atoms. The second-order valence-corrected chi connectivity index (χ2v) is 7.18. The Morgan fingerprint density at radius 3 is 2.42 bits per heavy atom. The third-order valence-electron chi connectivity index (χ3n) is 4.11. The number of benzene rings is 1. The molecule has 1 heterocycles. The summed E-state index contributed by atoms with van der Waals surface area (Å²) in [6.45, 7) is 4.30. The number of nitrogens with one attached hydrogen (secondary N) is 1. The van der Waals surface area contributed by atoms with Crippen molar-refractivity contribution in [1.82, 2.24) is 4.98 Å². The van der Waals surface area contributed by atoms with Crippen LogP contribution in [0.3, 0.4) is 0 Å². The second kappa shape index (κ2) is 10.2. The van der Waals surface area contributed by atoms with E-state index >= 15 is 0 Å². The summed E-state index contributed by atoms with van der Waals surface area (Å²) in [6.07, 6.45) is 9.16. The summed E-state index contributed by atoms with van der Waals surface area (Å²) >= 11 is 1.49. The smallest absolute Gasteiger partial charge is 0.226 e. The number of nitrogens with zero attached hydrogens (tertiary/aromatic N) is 1. The molecule has 0 unspecified atom stereocenters. The van der Waals surface area contributed by atoms with Crippen LogP contribution in [0.25, 0.3) is 11.3 Å². The van der Waals surface area contributed by atoms with Gasteiger partial charge in [-0.25, -0.2) is 4.98 Å². The Morgan fingerprint density at radius 2 is 1.71 bits per heavy atom. The number of amides is 1. The fourth-order valence-corrected chi connectivity index (χ4v) is 3.35. The molecule has 2 aromatic rings. The Hall–Kier alpha value is -1.68. The molecular formula is C20H28N2OS. The molecule has 24 heavy (non-hydrogen) atoms. The lowest BCUT2D eigenvalue weighted by molar-refractivity contribution is -0.116. The molecule has 0 saturated carbocycles. The van der Waals surface area contributed by atoms with Crippen molar-refractivity contribution in [3.8, 4) is 11.3 Å². The van der Waals surface area contributed by atoms with Gasteiger partial charge < -0.3 is 5.32 Å². The summed E-state index contributed by atoms with van der Waals surface area (Å²) in [5.74, 6) is 0.0772. The molecule has 0 aliphatic carbocycles. The Kier molecular flexibility index (Phi) is 7.96. The molecule has 0 aliphatic rings. The van der Waals surface area contributed by atoms with Gasteiger partial charge in [0.25, 0.3) is 0 Å². The number of aromatic nitrogens is 1. The van der Waals surface area contributed by atoms with Crippen LogP contribution >= 0.6 is 11.3 Å². The quantitative estimate of drug-likeness (QED) is 0.521. The zero-order chi connectivity index (χ0) is 17.2. The van der Waals surface area contributed by atoms with Gasteiger partial charge in [0, 0.05) is 17.4 Å². The summed E-state index contributed by atoms with van der Waals surface area (Å²) in [5, 5.41) is 5.61. The fourth-order valence-electron chi connectivity index (χ4n) is 2.61. The highest BCUT2D eigenvalue weighted by molar-refractivity contribution is 7.14. The molecule has 3 nitrogen and oxygen atoms in total. The van der Waals surface area contributed by atoms with Crippen molar-refractivity contribution in [1.29, 1.82) is 0 Å². The molecule has 1 amide bonds. The average Bonchev–Trinajstić information content (AvgIpc) is 3.03. The van der Waals surface area contributed by atoms with Gasteiger partial charge in [-0.1, -0.05) is 75.3 Å². The van der Waals surface area contributed by atoms with Crippen LogP contribution < -0.4 is 5.32 Å². The van der Waals surface area contributed by atoms with Gasteiger partial charge in [0.15, 0.2) is 5.13 Å². The number of thiazole rings is 1. The van der Waals surface area contributed by atoms with Crippen molar-refractivity contribution in [2.45, 2.75) is 65.2 Å². The lowest BCUT2D eigenvalue weighted by atomic mass is 10.1. The minimum absolute atomic E-state index is 0.0772. The minimum Gasteiger partial charge on any atom is -0.302 e. The van der Waals surface area contributed by atoms with E-state index in [-0.39, 0.29) is 5.91 Å². The molecular weight excluding hydrogens is 316 g/mol. The van der Waals surface area contributed by atoms with Gasteiger partial charge in [-0.3, -0.25) is 4.79 Å². The van der Waals surface area contributed by atoms with Crippen molar-refractivity contribution >= 4 is 22.4 Å². The number of hydrogen-bond donors (Lipinski definition) is 1. The monoisotopic (exact) mass is 344 g/mol. The molecule has 130 valence electrons. The maximum atomic E-state index is 12.0. The van der Waals surface area contributed by atoms with Gasteiger partial charge in [-0.15, -0.1) is 11.3 Å². The molecule has 1 aromatic carbocycles. The van der Waals surface area contributed by atoms with Crippen molar-refractivity contribution in [2.75, 3.05) is 5.32 Å². The van der Waals surface area contributed by atoms with Crippen LogP contribution in [0.1, 0.15) is 63.9 Å². The number of hydrogen-bond acceptors (Lipinski definition) is 3. The third kappa shape index (κ3) is 6.44. The number of carbonyl (C=O) groups excluding carboxylic acids is 1. The minimum atomic E-state index is 0.0772. The molecule has 2 rings (SSSR count). The second-order valence-electron chi connectivity index (χ2n) is 6.32. The van der Waals surface area contributed by atoms with Gasteiger partial charge in [0.1, 0.15) is 0 Å². The lowest BCUT2D eigenvalue weighted by Crippen LogP contribution is -2.10. The third-order valence-corrected chi connectivity index (χ3v) is 4.86. The molecule has 0 saturated heterocycles. The summed E-state index contributed by atoms with van der Waals surface area (Å²) in [6, 6.07) is 8.28. The predicted molar refractivity (Wildman–Crippen MR) is 104 cm³/mol. The summed E-state index contributed by atoms with van der Waals surface area (Å²) in [7, 11) is 0. The van der Waals surface area contributed by atoms with E-state index in [1.165, 1.54) is 49.0 Å². The van der Waals surface area contributed by atoms with Crippen molar-refractivity contribution in [3.05, 3.63) is 35.2 Å². The highest BCUT2D eigenvalue weighted by Gasteiger charge is 2.08. The first-order valence-corrected chi connectivity index (χ1v) is 9.89. The Labute approximate surface area is 149 Å². The van der Waals surface area contributed by atoms with E-state index in [0.29, 0.717) is 11.6 Å². The molecule has 0 radical (unpaired) electrons. The highest BCUT2D eigenvalue weighted by Crippen LogP contribution is 2.25. The number of rotatable bonds is 10. The molecule has 1 aromatic heterocycles. The van der Waals surface area contributed by atoms with E-state index in [9.17, 15) is 4.79 Å².